The molecule has 0 N–H and O–H groups in total. The van der Waals surface area contributed by atoms with Gasteiger partial charge in [-0.2, -0.15) is 4.98 Å². The molecule has 0 radical (unpaired) electrons. The molecule has 0 aliphatic carbocycles. The van der Waals surface area contributed by atoms with Crippen LogP contribution in [0.1, 0.15) is 40.3 Å². The number of rotatable bonds is 10. The first-order valence-corrected chi connectivity index (χ1v) is 13.0. The number of carbonyl (C=O) groups is 2. The maximum absolute atomic E-state index is 13.0. The zero-order valence-electron chi connectivity index (χ0n) is 19.0. The highest BCUT2D eigenvalue weighted by atomic mass is 35.5. The lowest BCUT2D eigenvalue weighted by molar-refractivity contribution is -0.165. The molecule has 1 saturated heterocycles. The number of hydrogen-bond acceptors (Lipinski definition) is 11. The van der Waals surface area contributed by atoms with Gasteiger partial charge in [0, 0.05) is 13.8 Å². The predicted octanol–water partition coefficient (Wildman–Crippen LogP) is 3.55. The molecule has 0 spiro atoms. The summed E-state index contributed by atoms with van der Waals surface area (Å²) in [5, 5.41) is -0.0954. The van der Waals surface area contributed by atoms with E-state index in [1.54, 1.807) is 13.8 Å². The summed E-state index contributed by atoms with van der Waals surface area (Å²) < 4.78 is 42.3. The van der Waals surface area contributed by atoms with Crippen LogP contribution >= 0.6 is 30.8 Å². The number of ether oxygens (including phenoxy) is 3. The van der Waals surface area contributed by atoms with E-state index in [1.165, 1.54) is 24.7 Å². The maximum atomic E-state index is 13.0. The first kappa shape index (κ1) is 26.8. The number of halogens is 2. The van der Waals surface area contributed by atoms with Crippen LogP contribution in [0.25, 0.3) is 11.2 Å². The number of aromatic nitrogens is 4. The van der Waals surface area contributed by atoms with Gasteiger partial charge < -0.3 is 23.3 Å². The molecular formula is C19H25Cl2N4O8P. The van der Waals surface area contributed by atoms with Gasteiger partial charge in [0.2, 0.25) is 5.28 Å². The highest BCUT2D eigenvalue weighted by Gasteiger charge is 2.51. The summed E-state index contributed by atoms with van der Waals surface area (Å²) in [5.74, 6) is -1.24. The molecule has 4 atom stereocenters. The molecule has 34 heavy (non-hydrogen) atoms. The summed E-state index contributed by atoms with van der Waals surface area (Å²) in [4.78, 5) is 36.0. The lowest BCUT2D eigenvalue weighted by Crippen LogP contribution is -2.39. The van der Waals surface area contributed by atoms with E-state index < -0.39 is 44.1 Å². The number of esters is 2. The Morgan fingerprint density at radius 3 is 2.29 bits per heavy atom. The average molecular weight is 539 g/mol. The summed E-state index contributed by atoms with van der Waals surface area (Å²) >= 11 is 12.1. The van der Waals surface area contributed by atoms with Crippen molar-refractivity contribution in [2.24, 2.45) is 0 Å². The van der Waals surface area contributed by atoms with Gasteiger partial charge in [0.15, 0.2) is 29.2 Å². The topological polar surface area (TPSA) is 141 Å². The smallest absolute Gasteiger partial charge is 0.330 e. The lowest BCUT2D eigenvalue weighted by atomic mass is 10.1. The molecule has 188 valence electrons. The third-order valence-electron chi connectivity index (χ3n) is 4.85. The number of imidazole rings is 1. The second-order valence-electron chi connectivity index (χ2n) is 7.28. The molecule has 0 aromatic carbocycles. The molecule has 15 heteroatoms. The van der Waals surface area contributed by atoms with Crippen LogP contribution in [0.2, 0.25) is 10.4 Å². The zero-order valence-corrected chi connectivity index (χ0v) is 21.4. The average Bonchev–Trinajstić information content (AvgIpc) is 3.28. The number of hydrogen-bond donors (Lipinski definition) is 0. The van der Waals surface area contributed by atoms with Crippen molar-refractivity contribution in [2.45, 2.75) is 58.7 Å². The monoisotopic (exact) mass is 538 g/mol. The van der Waals surface area contributed by atoms with Gasteiger partial charge in [0.25, 0.3) is 0 Å². The second kappa shape index (κ2) is 11.3. The van der Waals surface area contributed by atoms with Crippen molar-refractivity contribution in [3.05, 3.63) is 16.8 Å². The van der Waals surface area contributed by atoms with Gasteiger partial charge in [-0.25, -0.2) is 9.97 Å². The molecule has 3 heterocycles. The van der Waals surface area contributed by atoms with Crippen LogP contribution in [-0.4, -0.2) is 69.1 Å². The molecule has 2 aromatic rings. The first-order valence-electron chi connectivity index (χ1n) is 10.5. The molecular weight excluding hydrogens is 514 g/mol. The van der Waals surface area contributed by atoms with E-state index in [-0.39, 0.29) is 47.4 Å². The molecule has 12 nitrogen and oxygen atoms in total. The summed E-state index contributed by atoms with van der Waals surface area (Å²) in [6.45, 7) is 6.23. The minimum absolute atomic E-state index is 0.0128. The Hall–Kier alpha value is -1.82. The van der Waals surface area contributed by atoms with Gasteiger partial charge in [-0.15, -0.1) is 0 Å². The fraction of sp³-hybridized carbons (Fsp3) is 0.632. The van der Waals surface area contributed by atoms with Crippen molar-refractivity contribution in [3.63, 3.8) is 0 Å². The van der Waals surface area contributed by atoms with Gasteiger partial charge in [0.05, 0.1) is 25.7 Å². The summed E-state index contributed by atoms with van der Waals surface area (Å²) in [7, 11) is -3.41. The molecule has 0 bridgehead atoms. The third kappa shape index (κ3) is 6.05. The Morgan fingerprint density at radius 2 is 1.71 bits per heavy atom. The summed E-state index contributed by atoms with van der Waals surface area (Å²) in [6.07, 6.45) is -2.45. The van der Waals surface area contributed by atoms with Crippen molar-refractivity contribution in [2.75, 3.05) is 19.4 Å². The molecule has 0 amide bonds. The highest BCUT2D eigenvalue weighted by molar-refractivity contribution is 7.53. The molecule has 2 unspecified atom stereocenters. The largest absolute Gasteiger partial charge is 0.456 e. The van der Waals surface area contributed by atoms with Crippen LogP contribution in [0.4, 0.5) is 0 Å². The zero-order chi connectivity index (χ0) is 25.0. The van der Waals surface area contributed by atoms with E-state index in [0.29, 0.717) is 0 Å². The molecule has 0 saturated carbocycles. The van der Waals surface area contributed by atoms with Crippen LogP contribution in [0.3, 0.4) is 0 Å². The van der Waals surface area contributed by atoms with Crippen LogP contribution in [-0.2, 0) is 37.4 Å². The van der Waals surface area contributed by atoms with E-state index >= 15 is 0 Å². The predicted molar refractivity (Wildman–Crippen MR) is 121 cm³/mol. The quantitative estimate of drug-likeness (QED) is 0.189. The fourth-order valence-corrected chi connectivity index (χ4v) is 5.82. The van der Waals surface area contributed by atoms with Gasteiger partial charge in [0.1, 0.15) is 11.6 Å². The molecule has 1 fully saturated rings. The Balaban J connectivity index is 1.98. The highest BCUT2D eigenvalue weighted by Crippen LogP contribution is 2.50. The van der Waals surface area contributed by atoms with Crippen molar-refractivity contribution < 1.29 is 37.4 Å². The van der Waals surface area contributed by atoms with E-state index in [2.05, 4.69) is 15.0 Å². The van der Waals surface area contributed by atoms with E-state index in [1.807, 2.05) is 0 Å². The Bertz CT molecular complexity index is 1090. The van der Waals surface area contributed by atoms with E-state index in [9.17, 15) is 14.2 Å². The summed E-state index contributed by atoms with van der Waals surface area (Å²) in [5.41, 5.74) is 0.476. The van der Waals surface area contributed by atoms with Gasteiger partial charge >= 0.3 is 19.5 Å². The Morgan fingerprint density at radius 1 is 1.09 bits per heavy atom. The van der Waals surface area contributed by atoms with Gasteiger partial charge in [-0.05, 0) is 31.9 Å². The van der Waals surface area contributed by atoms with Crippen molar-refractivity contribution >= 4 is 53.9 Å². The SMILES string of the molecule is CCOP(=O)(CC[C@H]1O[C@@H](n2cnc3c(Cl)nc(Cl)nc32)C(OC(C)=O)C1OC(C)=O)OCC. The lowest BCUT2D eigenvalue weighted by Gasteiger charge is -2.24. The van der Waals surface area contributed by atoms with Crippen molar-refractivity contribution in [3.8, 4) is 0 Å². The fourth-order valence-electron chi connectivity index (χ4n) is 3.70. The van der Waals surface area contributed by atoms with E-state index in [0.717, 1.165) is 0 Å². The summed E-state index contributed by atoms with van der Waals surface area (Å²) in [6, 6.07) is 0. The number of fused-ring (bicyclic) bond motifs is 1. The Labute approximate surface area is 205 Å². The van der Waals surface area contributed by atoms with E-state index in [4.69, 9.17) is 46.5 Å². The van der Waals surface area contributed by atoms with Crippen LogP contribution < -0.4 is 0 Å². The molecule has 1 aliphatic heterocycles. The normalized spacial score (nSPS) is 22.8. The standard InChI is InChI=1S/C19H25Cl2N4O8P/c1-5-29-34(28,30-6-2)8-7-12-14(31-10(3)26)15(32-11(4)27)18(33-12)25-9-22-13-16(20)23-19(21)24-17(13)25/h9,12,14-15,18H,5-8H2,1-4H3/t12-,14?,15?,18-/m1/s1. The van der Waals surface area contributed by atoms with Crippen LogP contribution in [0.5, 0.6) is 0 Å². The minimum atomic E-state index is -3.41. The van der Waals surface area contributed by atoms with Gasteiger partial charge in [-0.1, -0.05) is 11.6 Å². The number of carbonyl (C=O) groups excluding carboxylic acids is 2. The Kier molecular flexibility index (Phi) is 8.88. The van der Waals surface area contributed by atoms with Crippen molar-refractivity contribution in [1.82, 2.24) is 19.5 Å². The molecule has 3 rings (SSSR count). The molecule has 1 aliphatic rings. The van der Waals surface area contributed by atoms with Crippen LogP contribution in [0.15, 0.2) is 6.33 Å². The van der Waals surface area contributed by atoms with Crippen LogP contribution in [0, 0.1) is 0 Å². The van der Waals surface area contributed by atoms with Gasteiger partial charge in [-0.3, -0.25) is 18.7 Å². The maximum Gasteiger partial charge on any atom is 0.330 e. The third-order valence-corrected chi connectivity index (χ3v) is 7.40. The second-order valence-corrected chi connectivity index (χ2v) is 10.2. The number of nitrogens with zero attached hydrogens (tertiary/aromatic N) is 4. The molecule has 2 aromatic heterocycles. The van der Waals surface area contributed by atoms with Crippen molar-refractivity contribution in [1.29, 1.82) is 0 Å². The first-order chi connectivity index (χ1) is 16.1. The minimum Gasteiger partial charge on any atom is -0.456 e.